The standard InChI is InChI=1S/C25H21Cl2N7O/c1-14-23(15(2)33(3)31-14)22-11-19(18-6-4-5-7-21(18)29-22)24(35)30-25-28-13-34(32-25)12-16-8-9-17(26)10-20(16)27/h4-11,13H,12H2,1-3H3,(H,30,32,35). The van der Waals surface area contributed by atoms with E-state index in [0.29, 0.717) is 33.4 Å². The van der Waals surface area contributed by atoms with Gasteiger partial charge in [-0.1, -0.05) is 47.5 Å². The lowest BCUT2D eigenvalue weighted by molar-refractivity contribution is 0.102. The van der Waals surface area contributed by atoms with Crippen molar-refractivity contribution < 1.29 is 4.79 Å². The smallest absolute Gasteiger partial charge is 0.258 e. The number of hydrogen-bond acceptors (Lipinski definition) is 5. The summed E-state index contributed by atoms with van der Waals surface area (Å²) >= 11 is 12.2. The van der Waals surface area contributed by atoms with Crippen LogP contribution in [0.2, 0.25) is 10.0 Å². The molecule has 1 amide bonds. The van der Waals surface area contributed by atoms with E-state index in [1.165, 1.54) is 0 Å². The van der Waals surface area contributed by atoms with Gasteiger partial charge >= 0.3 is 0 Å². The topological polar surface area (TPSA) is 90.5 Å². The van der Waals surface area contributed by atoms with Crippen LogP contribution < -0.4 is 5.32 Å². The molecule has 3 aromatic heterocycles. The number of anilines is 1. The first-order chi connectivity index (χ1) is 16.8. The summed E-state index contributed by atoms with van der Waals surface area (Å²) in [5.41, 5.74) is 5.45. The lowest BCUT2D eigenvalue weighted by Gasteiger charge is -2.10. The minimum Gasteiger partial charge on any atom is -0.289 e. The van der Waals surface area contributed by atoms with E-state index in [4.69, 9.17) is 28.2 Å². The zero-order valence-corrected chi connectivity index (χ0v) is 20.8. The van der Waals surface area contributed by atoms with Crippen molar-refractivity contribution in [2.75, 3.05) is 5.32 Å². The maximum Gasteiger partial charge on any atom is 0.258 e. The third kappa shape index (κ3) is 4.50. The third-order valence-corrected chi connectivity index (χ3v) is 6.42. The van der Waals surface area contributed by atoms with Crippen LogP contribution in [0.1, 0.15) is 27.3 Å². The van der Waals surface area contributed by atoms with E-state index in [2.05, 4.69) is 20.5 Å². The number of fused-ring (bicyclic) bond motifs is 1. The van der Waals surface area contributed by atoms with Gasteiger partial charge < -0.3 is 0 Å². The first kappa shape index (κ1) is 23.0. The lowest BCUT2D eigenvalue weighted by Crippen LogP contribution is -2.14. The average molecular weight is 506 g/mol. The van der Waals surface area contributed by atoms with Crippen LogP contribution >= 0.6 is 23.2 Å². The van der Waals surface area contributed by atoms with Crippen molar-refractivity contribution in [3.63, 3.8) is 0 Å². The number of nitrogens with one attached hydrogen (secondary N) is 1. The van der Waals surface area contributed by atoms with E-state index >= 15 is 0 Å². The van der Waals surface area contributed by atoms with E-state index in [1.807, 2.05) is 55.9 Å². The molecule has 3 heterocycles. The average Bonchev–Trinajstić information content (AvgIpc) is 3.37. The second kappa shape index (κ2) is 9.13. The number of pyridine rings is 1. The molecule has 0 unspecified atom stereocenters. The zero-order chi connectivity index (χ0) is 24.7. The maximum absolute atomic E-state index is 13.4. The highest BCUT2D eigenvalue weighted by Crippen LogP contribution is 2.29. The molecule has 1 N–H and O–H groups in total. The molecule has 2 aromatic carbocycles. The number of nitrogens with zero attached hydrogens (tertiary/aromatic N) is 6. The minimum absolute atomic E-state index is 0.191. The van der Waals surface area contributed by atoms with Gasteiger partial charge in [0.25, 0.3) is 5.91 Å². The molecule has 10 heteroatoms. The van der Waals surface area contributed by atoms with Crippen LogP contribution in [-0.4, -0.2) is 35.4 Å². The fourth-order valence-electron chi connectivity index (χ4n) is 4.06. The van der Waals surface area contributed by atoms with Crippen LogP contribution in [0.15, 0.2) is 54.9 Å². The Balaban J connectivity index is 1.46. The molecular formula is C25H21Cl2N7O. The Morgan fingerprint density at radius 2 is 1.86 bits per heavy atom. The number of halogens is 2. The molecule has 8 nitrogen and oxygen atoms in total. The zero-order valence-electron chi connectivity index (χ0n) is 19.3. The van der Waals surface area contributed by atoms with Crippen molar-refractivity contribution in [3.05, 3.63) is 87.4 Å². The van der Waals surface area contributed by atoms with Crippen LogP contribution in [0, 0.1) is 13.8 Å². The molecule has 0 bridgehead atoms. The number of carbonyl (C=O) groups excluding carboxylic acids is 1. The quantitative estimate of drug-likeness (QED) is 0.342. The van der Waals surface area contributed by atoms with E-state index in [0.717, 1.165) is 27.9 Å². The number of benzene rings is 2. The van der Waals surface area contributed by atoms with Crippen molar-refractivity contribution >= 4 is 46.0 Å². The van der Waals surface area contributed by atoms with Crippen molar-refractivity contribution in [1.82, 2.24) is 29.5 Å². The Kier molecular flexibility index (Phi) is 6.00. The van der Waals surface area contributed by atoms with Gasteiger partial charge in [-0.2, -0.15) is 5.10 Å². The Morgan fingerprint density at radius 3 is 2.60 bits per heavy atom. The largest absolute Gasteiger partial charge is 0.289 e. The number of hydrogen-bond donors (Lipinski definition) is 1. The van der Waals surface area contributed by atoms with Gasteiger partial charge in [0, 0.05) is 33.7 Å². The first-order valence-electron chi connectivity index (χ1n) is 10.8. The Bertz CT molecular complexity index is 1590. The summed E-state index contributed by atoms with van der Waals surface area (Å²) in [4.78, 5) is 22.4. The maximum atomic E-state index is 13.4. The summed E-state index contributed by atoms with van der Waals surface area (Å²) < 4.78 is 3.41. The van der Waals surface area contributed by atoms with Crippen LogP contribution in [0.25, 0.3) is 22.2 Å². The van der Waals surface area contributed by atoms with Crippen molar-refractivity contribution in [2.24, 2.45) is 7.05 Å². The Morgan fingerprint density at radius 1 is 1.06 bits per heavy atom. The number of carbonyl (C=O) groups is 1. The highest BCUT2D eigenvalue weighted by Gasteiger charge is 2.19. The Hall–Kier alpha value is -3.75. The summed E-state index contributed by atoms with van der Waals surface area (Å²) in [5.74, 6) is -0.136. The first-order valence-corrected chi connectivity index (χ1v) is 11.6. The molecule has 0 spiro atoms. The summed E-state index contributed by atoms with van der Waals surface area (Å²) in [6.45, 7) is 4.30. The molecule has 0 saturated heterocycles. The van der Waals surface area contributed by atoms with E-state index in [1.54, 1.807) is 29.2 Å². The van der Waals surface area contributed by atoms with Gasteiger partial charge in [-0.05, 0) is 43.7 Å². The van der Waals surface area contributed by atoms with Gasteiger partial charge in [-0.25, -0.2) is 14.6 Å². The van der Waals surface area contributed by atoms with Crippen LogP contribution in [-0.2, 0) is 13.6 Å². The number of aryl methyl sites for hydroxylation is 2. The second-order valence-corrected chi connectivity index (χ2v) is 9.04. The van der Waals surface area contributed by atoms with E-state index in [-0.39, 0.29) is 11.9 Å². The van der Waals surface area contributed by atoms with Crippen LogP contribution in [0.3, 0.4) is 0 Å². The van der Waals surface area contributed by atoms with E-state index in [9.17, 15) is 4.79 Å². The fraction of sp³-hybridized carbons (Fsp3) is 0.160. The van der Waals surface area contributed by atoms with Gasteiger partial charge in [0.2, 0.25) is 5.95 Å². The second-order valence-electron chi connectivity index (χ2n) is 8.20. The van der Waals surface area contributed by atoms with Gasteiger partial charge in [-0.15, -0.1) is 5.10 Å². The van der Waals surface area contributed by atoms with Crippen molar-refractivity contribution in [3.8, 4) is 11.3 Å². The summed E-state index contributed by atoms with van der Waals surface area (Å²) in [5, 5.41) is 13.5. The molecular weight excluding hydrogens is 485 g/mol. The molecule has 0 fully saturated rings. The highest BCUT2D eigenvalue weighted by atomic mass is 35.5. The normalized spacial score (nSPS) is 11.2. The number of aromatic nitrogens is 6. The molecule has 0 aliphatic rings. The molecule has 0 saturated carbocycles. The van der Waals surface area contributed by atoms with Gasteiger partial charge in [-0.3, -0.25) is 14.8 Å². The monoisotopic (exact) mass is 505 g/mol. The molecule has 176 valence electrons. The number of rotatable bonds is 5. The molecule has 0 aliphatic carbocycles. The molecule has 5 rings (SSSR count). The Labute approximate surface area is 211 Å². The molecule has 35 heavy (non-hydrogen) atoms. The van der Waals surface area contributed by atoms with Crippen LogP contribution in [0.4, 0.5) is 5.95 Å². The van der Waals surface area contributed by atoms with Crippen molar-refractivity contribution in [1.29, 1.82) is 0 Å². The van der Waals surface area contributed by atoms with Crippen LogP contribution in [0.5, 0.6) is 0 Å². The third-order valence-electron chi connectivity index (χ3n) is 5.84. The number of para-hydroxylation sites is 1. The fourth-order valence-corrected chi connectivity index (χ4v) is 4.53. The molecule has 5 aromatic rings. The van der Waals surface area contributed by atoms with Crippen molar-refractivity contribution in [2.45, 2.75) is 20.4 Å². The molecule has 0 aliphatic heterocycles. The number of amides is 1. The highest BCUT2D eigenvalue weighted by molar-refractivity contribution is 6.35. The molecule has 0 radical (unpaired) electrons. The predicted molar refractivity (Wildman–Crippen MR) is 137 cm³/mol. The summed E-state index contributed by atoms with van der Waals surface area (Å²) in [6.07, 6.45) is 1.54. The van der Waals surface area contributed by atoms with E-state index < -0.39 is 0 Å². The molecule has 0 atom stereocenters. The summed E-state index contributed by atoms with van der Waals surface area (Å²) in [6, 6.07) is 14.6. The van der Waals surface area contributed by atoms with Gasteiger partial charge in [0.05, 0.1) is 29.0 Å². The minimum atomic E-state index is -0.327. The van der Waals surface area contributed by atoms with Gasteiger partial charge in [0.1, 0.15) is 6.33 Å². The van der Waals surface area contributed by atoms with Gasteiger partial charge in [0.15, 0.2) is 0 Å². The summed E-state index contributed by atoms with van der Waals surface area (Å²) in [7, 11) is 1.89. The lowest BCUT2D eigenvalue weighted by atomic mass is 10.0. The predicted octanol–water partition coefficient (Wildman–Crippen LogP) is 5.45. The SMILES string of the molecule is Cc1nn(C)c(C)c1-c1cc(C(=O)Nc2ncn(Cc3ccc(Cl)cc3Cl)n2)c2ccccc2n1.